The Balaban J connectivity index is 2.32. The number of aromatic carboxylic acids is 1. The van der Waals surface area contributed by atoms with Gasteiger partial charge in [-0.15, -0.1) is 0 Å². The first-order valence-electron chi connectivity index (χ1n) is 6.46. The molecule has 0 bridgehead atoms. The molecule has 4 nitrogen and oxygen atoms in total. The number of benzene rings is 2. The van der Waals surface area contributed by atoms with Crippen LogP contribution in [0.15, 0.2) is 34.8 Å². The molecule has 0 unspecified atom stereocenters. The summed E-state index contributed by atoms with van der Waals surface area (Å²) in [7, 11) is 0. The predicted molar refractivity (Wildman–Crippen MR) is 85.7 cm³/mol. The number of hydrogen-bond donors (Lipinski definition) is 2. The van der Waals surface area contributed by atoms with Crippen molar-refractivity contribution in [3.63, 3.8) is 0 Å². The molecule has 0 spiro atoms. The molecule has 1 aromatic heterocycles. The van der Waals surface area contributed by atoms with Crippen LogP contribution in [0.5, 0.6) is 0 Å². The number of carboxylic acids is 1. The minimum absolute atomic E-state index is 0.299. The van der Waals surface area contributed by atoms with E-state index in [2.05, 4.69) is 25.9 Å². The Morgan fingerprint density at radius 3 is 2.62 bits per heavy atom. The molecule has 3 aromatic rings. The standard InChI is InChI=1S/C16H13BrN2O2/c1-8-3-4-9(2)14(16(20)21)13(8)15-18-11-6-5-10(17)7-12(11)19-15/h3-7H,1-2H3,(H,18,19)(H,20,21). The van der Waals surface area contributed by atoms with Gasteiger partial charge in [-0.3, -0.25) is 0 Å². The van der Waals surface area contributed by atoms with Crippen molar-refractivity contribution in [3.05, 3.63) is 51.5 Å². The third kappa shape index (κ3) is 2.34. The molecule has 0 fully saturated rings. The Morgan fingerprint density at radius 2 is 1.90 bits per heavy atom. The van der Waals surface area contributed by atoms with Gasteiger partial charge in [-0.05, 0) is 43.2 Å². The summed E-state index contributed by atoms with van der Waals surface area (Å²) < 4.78 is 0.949. The van der Waals surface area contributed by atoms with Crippen LogP contribution in [-0.2, 0) is 0 Å². The third-order valence-electron chi connectivity index (χ3n) is 3.52. The van der Waals surface area contributed by atoms with E-state index >= 15 is 0 Å². The highest BCUT2D eigenvalue weighted by Gasteiger charge is 2.19. The molecule has 0 saturated heterocycles. The minimum atomic E-state index is -0.937. The van der Waals surface area contributed by atoms with Crippen LogP contribution >= 0.6 is 15.9 Å². The number of halogens is 1. The van der Waals surface area contributed by atoms with Crippen LogP contribution in [-0.4, -0.2) is 21.0 Å². The van der Waals surface area contributed by atoms with Gasteiger partial charge in [-0.1, -0.05) is 28.1 Å². The van der Waals surface area contributed by atoms with E-state index in [1.54, 1.807) is 6.92 Å². The van der Waals surface area contributed by atoms with Crippen LogP contribution in [0.2, 0.25) is 0 Å². The first-order chi connectivity index (χ1) is 9.97. The van der Waals surface area contributed by atoms with Crippen molar-refractivity contribution in [2.75, 3.05) is 0 Å². The number of H-pyrrole nitrogens is 1. The van der Waals surface area contributed by atoms with Crippen LogP contribution in [0, 0.1) is 13.8 Å². The quantitative estimate of drug-likeness (QED) is 0.727. The summed E-state index contributed by atoms with van der Waals surface area (Å²) in [5.41, 5.74) is 4.24. The van der Waals surface area contributed by atoms with Gasteiger partial charge in [-0.25, -0.2) is 9.78 Å². The van der Waals surface area contributed by atoms with E-state index in [4.69, 9.17) is 0 Å². The van der Waals surface area contributed by atoms with E-state index in [-0.39, 0.29) is 0 Å². The summed E-state index contributed by atoms with van der Waals surface area (Å²) in [6.07, 6.45) is 0. The Kier molecular flexibility index (Phi) is 3.29. The van der Waals surface area contributed by atoms with Crippen molar-refractivity contribution >= 4 is 32.9 Å². The summed E-state index contributed by atoms with van der Waals surface area (Å²) in [5, 5.41) is 9.50. The highest BCUT2D eigenvalue weighted by molar-refractivity contribution is 9.10. The Hall–Kier alpha value is -2.14. The molecule has 0 saturated carbocycles. The zero-order valence-electron chi connectivity index (χ0n) is 11.6. The van der Waals surface area contributed by atoms with Gasteiger partial charge < -0.3 is 10.1 Å². The van der Waals surface area contributed by atoms with Gasteiger partial charge >= 0.3 is 5.97 Å². The molecule has 2 N–H and O–H groups in total. The molecule has 0 aliphatic rings. The number of carbonyl (C=O) groups is 1. The Morgan fingerprint density at radius 1 is 1.19 bits per heavy atom. The fourth-order valence-electron chi connectivity index (χ4n) is 2.49. The second kappa shape index (κ2) is 5.00. The lowest BCUT2D eigenvalue weighted by Gasteiger charge is -2.10. The lowest BCUT2D eigenvalue weighted by atomic mass is 9.97. The van der Waals surface area contributed by atoms with Crippen LogP contribution < -0.4 is 0 Å². The highest BCUT2D eigenvalue weighted by atomic mass is 79.9. The lowest BCUT2D eigenvalue weighted by molar-refractivity contribution is 0.0697. The number of aryl methyl sites for hydroxylation is 2. The van der Waals surface area contributed by atoms with Crippen molar-refractivity contribution in [2.24, 2.45) is 0 Å². The SMILES string of the molecule is Cc1ccc(C)c(-c2nc3ccc(Br)cc3[nH]2)c1C(=O)O. The maximum atomic E-state index is 11.6. The molecule has 0 atom stereocenters. The second-order valence-electron chi connectivity index (χ2n) is 5.00. The average Bonchev–Trinajstić information content (AvgIpc) is 2.83. The third-order valence-corrected chi connectivity index (χ3v) is 4.01. The Labute approximate surface area is 130 Å². The van der Waals surface area contributed by atoms with Gasteiger partial charge in [-0.2, -0.15) is 0 Å². The molecular weight excluding hydrogens is 332 g/mol. The molecule has 5 heteroatoms. The van der Waals surface area contributed by atoms with Gasteiger partial charge in [0.2, 0.25) is 0 Å². The van der Waals surface area contributed by atoms with Crippen LogP contribution in [0.4, 0.5) is 0 Å². The maximum Gasteiger partial charge on any atom is 0.336 e. The van der Waals surface area contributed by atoms with E-state index < -0.39 is 5.97 Å². The number of aromatic nitrogens is 2. The molecule has 0 aliphatic carbocycles. The van der Waals surface area contributed by atoms with Crippen molar-refractivity contribution in [1.29, 1.82) is 0 Å². The molecule has 0 amide bonds. The lowest BCUT2D eigenvalue weighted by Crippen LogP contribution is -2.05. The van der Waals surface area contributed by atoms with Crippen LogP contribution in [0.3, 0.4) is 0 Å². The molecule has 1 heterocycles. The molecular formula is C16H13BrN2O2. The number of rotatable bonds is 2. The highest BCUT2D eigenvalue weighted by Crippen LogP contribution is 2.30. The van der Waals surface area contributed by atoms with Crippen LogP contribution in [0.25, 0.3) is 22.4 Å². The zero-order valence-corrected chi connectivity index (χ0v) is 13.2. The molecule has 0 aliphatic heterocycles. The van der Waals surface area contributed by atoms with Gasteiger partial charge in [0, 0.05) is 10.0 Å². The van der Waals surface area contributed by atoms with E-state index in [1.165, 1.54) is 0 Å². The van der Waals surface area contributed by atoms with Crippen molar-refractivity contribution in [3.8, 4) is 11.4 Å². The maximum absolute atomic E-state index is 11.6. The van der Waals surface area contributed by atoms with E-state index in [1.807, 2.05) is 37.3 Å². The summed E-state index contributed by atoms with van der Waals surface area (Å²) in [6, 6.07) is 9.47. The zero-order chi connectivity index (χ0) is 15.1. The normalized spacial score (nSPS) is 11.0. The predicted octanol–water partition coefficient (Wildman–Crippen LogP) is 4.31. The van der Waals surface area contributed by atoms with Crippen molar-refractivity contribution in [1.82, 2.24) is 9.97 Å². The average molecular weight is 345 g/mol. The molecule has 2 aromatic carbocycles. The monoisotopic (exact) mass is 344 g/mol. The van der Waals surface area contributed by atoms with Gasteiger partial charge in [0.1, 0.15) is 5.82 Å². The topological polar surface area (TPSA) is 66.0 Å². The number of imidazole rings is 1. The number of fused-ring (bicyclic) bond motifs is 1. The van der Waals surface area contributed by atoms with Crippen molar-refractivity contribution < 1.29 is 9.90 Å². The van der Waals surface area contributed by atoms with E-state index in [0.717, 1.165) is 26.6 Å². The molecule has 106 valence electrons. The fourth-order valence-corrected chi connectivity index (χ4v) is 2.85. The smallest absolute Gasteiger partial charge is 0.336 e. The molecule has 3 rings (SSSR count). The largest absolute Gasteiger partial charge is 0.478 e. The van der Waals surface area contributed by atoms with Gasteiger partial charge in [0.25, 0.3) is 0 Å². The van der Waals surface area contributed by atoms with Crippen molar-refractivity contribution in [2.45, 2.75) is 13.8 Å². The summed E-state index contributed by atoms with van der Waals surface area (Å²) in [5.74, 6) is -0.352. The minimum Gasteiger partial charge on any atom is -0.478 e. The first kappa shape index (κ1) is 13.8. The van der Waals surface area contributed by atoms with E-state index in [9.17, 15) is 9.90 Å². The summed E-state index contributed by atoms with van der Waals surface area (Å²) in [4.78, 5) is 19.3. The number of aromatic amines is 1. The molecule has 21 heavy (non-hydrogen) atoms. The first-order valence-corrected chi connectivity index (χ1v) is 7.26. The number of carboxylic acid groups (broad SMARTS) is 1. The van der Waals surface area contributed by atoms with Crippen LogP contribution in [0.1, 0.15) is 21.5 Å². The number of nitrogens with zero attached hydrogens (tertiary/aromatic N) is 1. The van der Waals surface area contributed by atoms with Gasteiger partial charge in [0.05, 0.1) is 16.6 Å². The summed E-state index contributed by atoms with van der Waals surface area (Å²) in [6.45, 7) is 3.69. The summed E-state index contributed by atoms with van der Waals surface area (Å²) >= 11 is 3.42. The second-order valence-corrected chi connectivity index (χ2v) is 5.92. The fraction of sp³-hybridized carbons (Fsp3) is 0.125. The number of hydrogen-bond acceptors (Lipinski definition) is 2. The van der Waals surface area contributed by atoms with E-state index in [0.29, 0.717) is 17.0 Å². The Bertz CT molecular complexity index is 868. The number of nitrogens with one attached hydrogen (secondary N) is 1. The van der Waals surface area contributed by atoms with Gasteiger partial charge in [0.15, 0.2) is 0 Å². The molecule has 0 radical (unpaired) electrons.